The van der Waals surface area contributed by atoms with Gasteiger partial charge in [-0.1, -0.05) is 5.16 Å². The van der Waals surface area contributed by atoms with Crippen LogP contribution in [0.2, 0.25) is 0 Å². The predicted octanol–water partition coefficient (Wildman–Crippen LogP) is 4.00. The molecule has 2 aromatic carbocycles. The predicted molar refractivity (Wildman–Crippen MR) is 108 cm³/mol. The Labute approximate surface area is 172 Å². The average Bonchev–Trinajstić information content (AvgIpc) is 3.04. The number of aromatic nitrogens is 1. The highest BCUT2D eigenvalue weighted by Crippen LogP contribution is 2.37. The summed E-state index contributed by atoms with van der Waals surface area (Å²) in [6.07, 6.45) is -0.641. The Morgan fingerprint density at radius 2 is 1.93 bits per heavy atom. The number of aryl methyl sites for hydroxylation is 2. The molecule has 0 aliphatic carbocycles. The van der Waals surface area contributed by atoms with Gasteiger partial charge in [-0.2, -0.15) is 0 Å². The molecule has 30 heavy (non-hydrogen) atoms. The summed E-state index contributed by atoms with van der Waals surface area (Å²) >= 11 is 0. The molecule has 7 nitrogen and oxygen atoms in total. The number of hydrogen-bond acceptors (Lipinski definition) is 5. The Kier molecular flexibility index (Phi) is 4.99. The molecule has 1 aromatic heterocycles. The summed E-state index contributed by atoms with van der Waals surface area (Å²) in [5, 5.41) is 6.72. The molecule has 4 rings (SSSR count). The number of benzene rings is 2. The maximum absolute atomic E-state index is 13.1. The van der Waals surface area contributed by atoms with Crippen LogP contribution in [0.25, 0.3) is 0 Å². The summed E-state index contributed by atoms with van der Waals surface area (Å²) in [7, 11) is 0. The van der Waals surface area contributed by atoms with Crippen molar-refractivity contribution in [3.8, 4) is 5.75 Å². The van der Waals surface area contributed by atoms with E-state index in [1.807, 2.05) is 6.92 Å². The molecule has 1 aliphatic rings. The first kappa shape index (κ1) is 19.6. The van der Waals surface area contributed by atoms with Crippen molar-refractivity contribution >= 4 is 23.2 Å². The van der Waals surface area contributed by atoms with E-state index < -0.39 is 11.9 Å². The monoisotopic (exact) mass is 409 g/mol. The smallest absolute Gasteiger partial charge is 0.268 e. The fourth-order valence-corrected chi connectivity index (χ4v) is 3.34. The molecule has 0 bridgehead atoms. The summed E-state index contributed by atoms with van der Waals surface area (Å²) in [6, 6.07) is 10.3. The lowest BCUT2D eigenvalue weighted by atomic mass is 10.1. The Bertz CT molecular complexity index is 1100. The fraction of sp³-hybridized carbons (Fsp3) is 0.227. The molecule has 0 saturated carbocycles. The highest BCUT2D eigenvalue weighted by Gasteiger charge is 2.33. The van der Waals surface area contributed by atoms with E-state index >= 15 is 0 Å². The van der Waals surface area contributed by atoms with Gasteiger partial charge in [-0.25, -0.2) is 4.39 Å². The second-order valence-electron chi connectivity index (χ2n) is 7.13. The SMILES string of the molecule is Cc1noc(C)c1CN1C(=O)C(C)Oc2ccc(NC(=O)c3ccc(F)cc3)cc21. The Morgan fingerprint density at radius 1 is 1.20 bits per heavy atom. The number of nitrogens with zero attached hydrogens (tertiary/aromatic N) is 2. The van der Waals surface area contributed by atoms with Gasteiger partial charge in [0.15, 0.2) is 6.10 Å². The van der Waals surface area contributed by atoms with E-state index in [4.69, 9.17) is 9.26 Å². The van der Waals surface area contributed by atoms with Crippen LogP contribution in [0.3, 0.4) is 0 Å². The molecular formula is C22H20FN3O4. The third-order valence-corrected chi connectivity index (χ3v) is 5.03. The minimum atomic E-state index is -0.641. The van der Waals surface area contributed by atoms with Crippen molar-refractivity contribution in [3.63, 3.8) is 0 Å². The lowest BCUT2D eigenvalue weighted by Gasteiger charge is -2.33. The van der Waals surface area contributed by atoms with Crippen LogP contribution in [0.4, 0.5) is 15.8 Å². The van der Waals surface area contributed by atoms with E-state index in [0.29, 0.717) is 34.1 Å². The first-order chi connectivity index (χ1) is 14.3. The van der Waals surface area contributed by atoms with Crippen molar-refractivity contribution < 1.29 is 23.2 Å². The van der Waals surface area contributed by atoms with Gasteiger partial charge in [0, 0.05) is 16.8 Å². The van der Waals surface area contributed by atoms with Crippen LogP contribution in [0.5, 0.6) is 5.75 Å². The molecule has 0 radical (unpaired) electrons. The molecule has 8 heteroatoms. The van der Waals surface area contributed by atoms with Gasteiger partial charge in [-0.15, -0.1) is 0 Å². The maximum atomic E-state index is 13.1. The number of carbonyl (C=O) groups excluding carboxylic acids is 2. The van der Waals surface area contributed by atoms with Crippen LogP contribution in [-0.4, -0.2) is 23.1 Å². The van der Waals surface area contributed by atoms with Crippen LogP contribution in [-0.2, 0) is 11.3 Å². The number of halogens is 1. The topological polar surface area (TPSA) is 84.7 Å². The zero-order valence-corrected chi connectivity index (χ0v) is 16.7. The van der Waals surface area contributed by atoms with Gasteiger partial charge in [0.05, 0.1) is 17.9 Å². The van der Waals surface area contributed by atoms with E-state index in [1.165, 1.54) is 24.3 Å². The zero-order valence-electron chi connectivity index (χ0n) is 16.7. The molecule has 3 aromatic rings. The van der Waals surface area contributed by atoms with Crippen molar-refractivity contribution in [1.29, 1.82) is 0 Å². The Hall–Kier alpha value is -3.68. The number of fused-ring (bicyclic) bond motifs is 1. The summed E-state index contributed by atoms with van der Waals surface area (Å²) in [5.41, 5.74) is 2.88. The van der Waals surface area contributed by atoms with E-state index in [0.717, 1.165) is 5.56 Å². The van der Waals surface area contributed by atoms with Gasteiger partial charge in [-0.05, 0) is 63.2 Å². The molecule has 1 atom stereocenters. The van der Waals surface area contributed by atoms with Crippen molar-refractivity contribution in [2.24, 2.45) is 0 Å². The molecule has 0 saturated heterocycles. The highest BCUT2D eigenvalue weighted by atomic mass is 19.1. The minimum Gasteiger partial charge on any atom is -0.479 e. The lowest BCUT2D eigenvalue weighted by Crippen LogP contribution is -2.44. The van der Waals surface area contributed by atoms with Gasteiger partial charge in [0.1, 0.15) is 17.3 Å². The number of carbonyl (C=O) groups is 2. The number of amides is 2. The van der Waals surface area contributed by atoms with E-state index in [9.17, 15) is 14.0 Å². The third kappa shape index (κ3) is 3.63. The summed E-state index contributed by atoms with van der Waals surface area (Å²) in [4.78, 5) is 26.9. The molecule has 2 amide bonds. The van der Waals surface area contributed by atoms with Gasteiger partial charge >= 0.3 is 0 Å². The van der Waals surface area contributed by atoms with E-state index in [1.54, 1.807) is 36.9 Å². The van der Waals surface area contributed by atoms with Crippen molar-refractivity contribution in [2.45, 2.75) is 33.4 Å². The van der Waals surface area contributed by atoms with Crippen molar-refractivity contribution in [2.75, 3.05) is 10.2 Å². The summed E-state index contributed by atoms with van der Waals surface area (Å²) < 4.78 is 24.0. The van der Waals surface area contributed by atoms with Gasteiger partial charge in [-0.3, -0.25) is 9.59 Å². The van der Waals surface area contributed by atoms with Gasteiger partial charge < -0.3 is 19.5 Å². The zero-order chi connectivity index (χ0) is 21.4. The van der Waals surface area contributed by atoms with Crippen LogP contribution in [0.1, 0.15) is 34.3 Å². The Morgan fingerprint density at radius 3 is 2.60 bits per heavy atom. The second kappa shape index (κ2) is 7.62. The maximum Gasteiger partial charge on any atom is 0.268 e. The summed E-state index contributed by atoms with van der Waals surface area (Å²) in [6.45, 7) is 5.58. The molecule has 0 fully saturated rings. The summed E-state index contributed by atoms with van der Waals surface area (Å²) in [5.74, 6) is 0.170. The third-order valence-electron chi connectivity index (χ3n) is 5.03. The molecule has 2 heterocycles. The quantitative estimate of drug-likeness (QED) is 0.704. The Balaban J connectivity index is 1.65. The molecule has 154 valence electrons. The molecular weight excluding hydrogens is 389 g/mol. The van der Waals surface area contributed by atoms with Crippen molar-refractivity contribution in [1.82, 2.24) is 5.16 Å². The van der Waals surface area contributed by atoms with Gasteiger partial charge in [0.25, 0.3) is 11.8 Å². The number of rotatable bonds is 4. The highest BCUT2D eigenvalue weighted by molar-refractivity contribution is 6.05. The van der Waals surface area contributed by atoms with E-state index in [2.05, 4.69) is 10.5 Å². The van der Waals surface area contributed by atoms with Crippen LogP contribution >= 0.6 is 0 Å². The van der Waals surface area contributed by atoms with Gasteiger partial charge in [0.2, 0.25) is 0 Å². The number of anilines is 2. The average molecular weight is 409 g/mol. The molecule has 0 spiro atoms. The minimum absolute atomic E-state index is 0.204. The normalized spacial score (nSPS) is 15.5. The number of hydrogen-bond donors (Lipinski definition) is 1. The van der Waals surface area contributed by atoms with Crippen LogP contribution < -0.4 is 15.0 Å². The van der Waals surface area contributed by atoms with Crippen LogP contribution in [0, 0.1) is 19.7 Å². The second-order valence-corrected chi connectivity index (χ2v) is 7.13. The largest absolute Gasteiger partial charge is 0.479 e. The lowest BCUT2D eigenvalue weighted by molar-refractivity contribution is -0.125. The van der Waals surface area contributed by atoms with Crippen LogP contribution in [0.15, 0.2) is 47.0 Å². The van der Waals surface area contributed by atoms with E-state index in [-0.39, 0.29) is 18.4 Å². The molecule has 1 aliphatic heterocycles. The van der Waals surface area contributed by atoms with Crippen molar-refractivity contribution in [3.05, 3.63) is 70.9 Å². The molecule has 1 unspecified atom stereocenters. The fourth-order valence-electron chi connectivity index (χ4n) is 3.34. The molecule has 1 N–H and O–H groups in total. The number of ether oxygens (including phenoxy) is 1. The first-order valence-electron chi connectivity index (χ1n) is 9.44. The first-order valence-corrected chi connectivity index (χ1v) is 9.44. The number of nitrogens with one attached hydrogen (secondary N) is 1. The standard InChI is InChI=1S/C22H20FN3O4/c1-12-18(13(2)30-25-12)11-26-19-10-17(8-9-20(19)29-14(3)22(26)28)24-21(27)15-4-6-16(23)7-5-15/h4-10,14H,11H2,1-3H3,(H,24,27).